The zero-order valence-corrected chi connectivity index (χ0v) is 13.2. The van der Waals surface area contributed by atoms with Gasteiger partial charge >= 0.3 is 0 Å². The van der Waals surface area contributed by atoms with Crippen LogP contribution in [0.25, 0.3) is 0 Å². The highest BCUT2D eigenvalue weighted by molar-refractivity contribution is 7.14. The number of carbonyl (C=O) groups excluding carboxylic acids is 1. The summed E-state index contributed by atoms with van der Waals surface area (Å²) in [7, 11) is 0. The van der Waals surface area contributed by atoms with Gasteiger partial charge in [-0.1, -0.05) is 48.5 Å². The molecule has 1 heterocycles. The largest absolute Gasteiger partial charge is 0.321 e. The molecule has 0 aliphatic heterocycles. The Morgan fingerprint density at radius 3 is 2.41 bits per heavy atom. The summed E-state index contributed by atoms with van der Waals surface area (Å²) in [6.45, 7) is 2.00. The van der Waals surface area contributed by atoms with Gasteiger partial charge in [0.15, 0.2) is 0 Å². The van der Waals surface area contributed by atoms with Gasteiger partial charge in [0.05, 0.1) is 4.88 Å². The van der Waals surface area contributed by atoms with Crippen LogP contribution in [0.5, 0.6) is 0 Å². The molecule has 1 amide bonds. The van der Waals surface area contributed by atoms with E-state index in [1.807, 2.05) is 55.5 Å². The summed E-state index contributed by atoms with van der Waals surface area (Å²) in [6.07, 6.45) is 0.806. The smallest absolute Gasteiger partial charge is 0.265 e. The van der Waals surface area contributed by atoms with Crippen LogP contribution in [0.3, 0.4) is 0 Å². The first-order chi connectivity index (χ1) is 10.7. The highest BCUT2D eigenvalue weighted by atomic mass is 32.1. The molecule has 0 unspecified atom stereocenters. The second kappa shape index (κ2) is 6.58. The molecule has 2 aromatic carbocycles. The van der Waals surface area contributed by atoms with Crippen LogP contribution < -0.4 is 5.32 Å². The lowest BCUT2D eigenvalue weighted by atomic mass is 10.0. The third kappa shape index (κ3) is 3.43. The molecular formula is C19H17NOS. The summed E-state index contributed by atoms with van der Waals surface area (Å²) < 4.78 is 0. The maximum absolute atomic E-state index is 12.3. The summed E-state index contributed by atoms with van der Waals surface area (Å²) in [5.41, 5.74) is 3.23. The molecule has 3 heteroatoms. The zero-order valence-electron chi connectivity index (χ0n) is 12.4. The molecule has 2 nitrogen and oxygen atoms in total. The van der Waals surface area contributed by atoms with Gasteiger partial charge in [0.25, 0.3) is 5.91 Å². The first-order valence-corrected chi connectivity index (χ1v) is 8.03. The van der Waals surface area contributed by atoms with E-state index in [1.54, 1.807) is 0 Å². The van der Waals surface area contributed by atoms with Crippen molar-refractivity contribution < 1.29 is 4.79 Å². The Labute approximate surface area is 134 Å². The van der Waals surface area contributed by atoms with Crippen molar-refractivity contribution in [2.75, 3.05) is 5.32 Å². The predicted molar refractivity (Wildman–Crippen MR) is 92.7 cm³/mol. The number of thiophene rings is 1. The lowest BCUT2D eigenvalue weighted by Crippen LogP contribution is -2.11. The van der Waals surface area contributed by atoms with Crippen molar-refractivity contribution in [2.24, 2.45) is 0 Å². The van der Waals surface area contributed by atoms with E-state index in [-0.39, 0.29) is 5.91 Å². The van der Waals surface area contributed by atoms with E-state index in [0.717, 1.165) is 27.4 Å². The Morgan fingerprint density at radius 2 is 1.68 bits per heavy atom. The summed E-state index contributed by atoms with van der Waals surface area (Å²) in [4.78, 5) is 14.2. The van der Waals surface area contributed by atoms with E-state index < -0.39 is 0 Å². The molecule has 0 aliphatic carbocycles. The molecule has 1 N–H and O–H groups in total. The Bertz CT molecular complexity index is 777. The van der Waals surface area contributed by atoms with Gasteiger partial charge < -0.3 is 5.32 Å². The van der Waals surface area contributed by atoms with Gasteiger partial charge in [0.1, 0.15) is 0 Å². The normalized spacial score (nSPS) is 10.4. The number of carbonyl (C=O) groups is 1. The monoisotopic (exact) mass is 307 g/mol. The minimum Gasteiger partial charge on any atom is -0.321 e. The molecular weight excluding hydrogens is 290 g/mol. The van der Waals surface area contributed by atoms with Crippen LogP contribution in [0.2, 0.25) is 0 Å². The van der Waals surface area contributed by atoms with Crippen molar-refractivity contribution in [3.8, 4) is 0 Å². The van der Waals surface area contributed by atoms with Gasteiger partial charge in [-0.15, -0.1) is 11.3 Å². The average Bonchev–Trinajstić information content (AvgIpc) is 2.97. The van der Waals surface area contributed by atoms with Crippen LogP contribution >= 0.6 is 11.3 Å². The number of para-hydroxylation sites is 1. The molecule has 0 saturated carbocycles. The molecule has 0 aliphatic rings. The van der Waals surface area contributed by atoms with Gasteiger partial charge in [-0.3, -0.25) is 4.79 Å². The van der Waals surface area contributed by atoms with E-state index in [9.17, 15) is 4.79 Å². The van der Waals surface area contributed by atoms with Gasteiger partial charge in [-0.2, -0.15) is 0 Å². The Balaban J connectivity index is 1.81. The van der Waals surface area contributed by atoms with Gasteiger partial charge in [-0.05, 0) is 42.7 Å². The number of amides is 1. The number of benzene rings is 2. The summed E-state index contributed by atoms with van der Waals surface area (Å²) in [6, 6.07) is 22.1. The van der Waals surface area contributed by atoms with Crippen LogP contribution in [0.1, 0.15) is 25.7 Å². The SMILES string of the molecule is Cc1ccc(C(=O)Nc2ccccc2Cc2ccccc2)s1. The van der Waals surface area contributed by atoms with Crippen molar-refractivity contribution in [2.45, 2.75) is 13.3 Å². The van der Waals surface area contributed by atoms with Crippen LogP contribution in [-0.4, -0.2) is 5.91 Å². The zero-order chi connectivity index (χ0) is 15.4. The topological polar surface area (TPSA) is 29.1 Å². The standard InChI is InChI=1S/C19H17NOS/c1-14-11-12-18(22-14)19(21)20-17-10-6-5-9-16(17)13-15-7-3-2-4-8-15/h2-12H,13H2,1H3,(H,20,21). The Morgan fingerprint density at radius 1 is 0.955 bits per heavy atom. The van der Waals surface area contributed by atoms with Gasteiger partial charge in [-0.25, -0.2) is 0 Å². The highest BCUT2D eigenvalue weighted by Crippen LogP contribution is 2.22. The van der Waals surface area contributed by atoms with Gasteiger partial charge in [0.2, 0.25) is 0 Å². The second-order valence-corrected chi connectivity index (χ2v) is 6.47. The van der Waals surface area contributed by atoms with Crippen molar-refractivity contribution in [3.63, 3.8) is 0 Å². The minimum atomic E-state index is -0.0430. The van der Waals surface area contributed by atoms with Crippen LogP contribution in [-0.2, 0) is 6.42 Å². The van der Waals surface area contributed by atoms with Crippen LogP contribution in [0, 0.1) is 6.92 Å². The van der Waals surface area contributed by atoms with E-state index in [2.05, 4.69) is 23.5 Å². The summed E-state index contributed by atoms with van der Waals surface area (Å²) in [5, 5.41) is 3.03. The number of hydrogen-bond donors (Lipinski definition) is 1. The second-order valence-electron chi connectivity index (χ2n) is 5.18. The van der Waals surface area contributed by atoms with Crippen molar-refractivity contribution in [1.29, 1.82) is 0 Å². The first kappa shape index (κ1) is 14.5. The van der Waals surface area contributed by atoms with Gasteiger partial charge in [0, 0.05) is 10.6 Å². The molecule has 1 aromatic heterocycles. The molecule has 0 fully saturated rings. The number of anilines is 1. The molecule has 0 radical (unpaired) electrons. The van der Waals surface area contributed by atoms with Crippen LogP contribution in [0.15, 0.2) is 66.7 Å². The number of nitrogens with one attached hydrogen (secondary N) is 1. The third-order valence-electron chi connectivity index (χ3n) is 3.47. The Kier molecular flexibility index (Phi) is 4.35. The fourth-order valence-electron chi connectivity index (χ4n) is 2.35. The molecule has 110 valence electrons. The van der Waals surface area contributed by atoms with Crippen molar-refractivity contribution in [3.05, 3.63) is 87.6 Å². The van der Waals surface area contributed by atoms with Crippen molar-refractivity contribution >= 4 is 22.9 Å². The maximum atomic E-state index is 12.3. The average molecular weight is 307 g/mol. The highest BCUT2D eigenvalue weighted by Gasteiger charge is 2.10. The lowest BCUT2D eigenvalue weighted by Gasteiger charge is -2.10. The van der Waals surface area contributed by atoms with Crippen LogP contribution in [0.4, 0.5) is 5.69 Å². The maximum Gasteiger partial charge on any atom is 0.265 e. The number of hydrogen-bond acceptors (Lipinski definition) is 2. The summed E-state index contributed by atoms with van der Waals surface area (Å²) >= 11 is 1.51. The third-order valence-corrected chi connectivity index (χ3v) is 4.47. The molecule has 3 aromatic rings. The number of aryl methyl sites for hydroxylation is 1. The molecule has 0 bridgehead atoms. The molecule has 22 heavy (non-hydrogen) atoms. The fourth-order valence-corrected chi connectivity index (χ4v) is 3.12. The van der Waals surface area contributed by atoms with E-state index >= 15 is 0 Å². The van der Waals surface area contributed by atoms with E-state index in [0.29, 0.717) is 0 Å². The molecule has 0 atom stereocenters. The quantitative estimate of drug-likeness (QED) is 0.730. The summed E-state index contributed by atoms with van der Waals surface area (Å²) in [5.74, 6) is -0.0430. The Hall–Kier alpha value is -2.39. The fraction of sp³-hybridized carbons (Fsp3) is 0.105. The minimum absolute atomic E-state index is 0.0430. The molecule has 3 rings (SSSR count). The molecule has 0 spiro atoms. The van der Waals surface area contributed by atoms with Crippen molar-refractivity contribution in [1.82, 2.24) is 0 Å². The molecule has 0 saturated heterocycles. The first-order valence-electron chi connectivity index (χ1n) is 7.22. The van der Waals surface area contributed by atoms with E-state index in [4.69, 9.17) is 0 Å². The number of rotatable bonds is 4. The van der Waals surface area contributed by atoms with E-state index in [1.165, 1.54) is 16.9 Å². The lowest BCUT2D eigenvalue weighted by molar-refractivity contribution is 0.103. The predicted octanol–water partition coefficient (Wildman–Crippen LogP) is 4.90.